The molecule has 0 saturated heterocycles. The van der Waals surface area contributed by atoms with E-state index in [0.29, 0.717) is 5.75 Å². The number of aliphatic hydroxyl groups is 1. The molecule has 0 aliphatic carbocycles. The van der Waals surface area contributed by atoms with Gasteiger partial charge in [-0.3, -0.25) is 0 Å². The minimum absolute atomic E-state index is 0.221. The Kier molecular flexibility index (Phi) is 3.53. The zero-order valence-corrected chi connectivity index (χ0v) is 9.09. The highest BCUT2D eigenvalue weighted by molar-refractivity contribution is 5.47. The second kappa shape index (κ2) is 4.47. The van der Waals surface area contributed by atoms with Gasteiger partial charge in [-0.2, -0.15) is 0 Å². The lowest BCUT2D eigenvalue weighted by atomic mass is 9.94. The quantitative estimate of drug-likeness (QED) is 0.774. The summed E-state index contributed by atoms with van der Waals surface area (Å²) in [5, 5.41) is 18.4. The van der Waals surface area contributed by atoms with Gasteiger partial charge in [-0.05, 0) is 61.9 Å². The number of rotatable bonds is 3. The Labute approximate surface area is 85.2 Å². The third-order valence-corrected chi connectivity index (χ3v) is 2.81. The van der Waals surface area contributed by atoms with Gasteiger partial charge in [0.1, 0.15) is 5.75 Å². The summed E-state index contributed by atoms with van der Waals surface area (Å²) in [6.45, 7) is 6.17. The summed E-state index contributed by atoms with van der Waals surface area (Å²) in [5.74, 6) is 0.368. The van der Waals surface area contributed by atoms with Gasteiger partial charge in [0.25, 0.3) is 0 Å². The standard InChI is InChI=1S/C12H18O2/c1-8-7-12(14)10(3)9(2)11(8)5-4-6-13/h7,13-14H,4-6H2,1-3H3. The molecule has 0 aliphatic heterocycles. The van der Waals surface area contributed by atoms with Crippen molar-refractivity contribution in [3.05, 3.63) is 28.3 Å². The highest BCUT2D eigenvalue weighted by Crippen LogP contribution is 2.27. The topological polar surface area (TPSA) is 40.5 Å². The lowest BCUT2D eigenvalue weighted by molar-refractivity contribution is 0.288. The Morgan fingerprint density at radius 3 is 2.36 bits per heavy atom. The average molecular weight is 194 g/mol. The van der Waals surface area contributed by atoms with Crippen molar-refractivity contribution < 1.29 is 10.2 Å². The van der Waals surface area contributed by atoms with Crippen LogP contribution in [0.5, 0.6) is 5.75 Å². The van der Waals surface area contributed by atoms with Crippen molar-refractivity contribution >= 4 is 0 Å². The van der Waals surface area contributed by atoms with E-state index in [9.17, 15) is 5.11 Å². The molecule has 0 spiro atoms. The Bertz CT molecular complexity index is 330. The van der Waals surface area contributed by atoms with E-state index < -0.39 is 0 Å². The first kappa shape index (κ1) is 11.1. The molecular formula is C12H18O2. The Balaban J connectivity index is 3.09. The third-order valence-electron chi connectivity index (χ3n) is 2.81. The van der Waals surface area contributed by atoms with E-state index >= 15 is 0 Å². The number of aromatic hydroxyl groups is 1. The lowest BCUT2D eigenvalue weighted by Crippen LogP contribution is -1.98. The summed E-state index contributed by atoms with van der Waals surface area (Å²) < 4.78 is 0. The van der Waals surface area contributed by atoms with Gasteiger partial charge in [-0.25, -0.2) is 0 Å². The Hall–Kier alpha value is -1.02. The first-order valence-corrected chi connectivity index (χ1v) is 4.97. The Morgan fingerprint density at radius 2 is 1.79 bits per heavy atom. The van der Waals surface area contributed by atoms with Gasteiger partial charge < -0.3 is 10.2 Å². The SMILES string of the molecule is Cc1cc(O)c(C)c(C)c1CCCO. The highest BCUT2D eigenvalue weighted by Gasteiger charge is 2.08. The first-order chi connectivity index (χ1) is 6.57. The van der Waals surface area contributed by atoms with Crippen LogP contribution < -0.4 is 0 Å². The predicted molar refractivity (Wildman–Crippen MR) is 57.7 cm³/mol. The second-order valence-corrected chi connectivity index (χ2v) is 3.77. The van der Waals surface area contributed by atoms with Crippen molar-refractivity contribution in [3.8, 4) is 5.75 Å². The van der Waals surface area contributed by atoms with E-state index in [1.165, 1.54) is 5.56 Å². The summed E-state index contributed by atoms with van der Waals surface area (Å²) >= 11 is 0. The number of aryl methyl sites for hydroxylation is 1. The normalized spacial score (nSPS) is 10.6. The van der Waals surface area contributed by atoms with Crippen LogP contribution in [0.15, 0.2) is 6.07 Å². The van der Waals surface area contributed by atoms with Crippen LogP contribution in [0, 0.1) is 20.8 Å². The maximum absolute atomic E-state index is 9.58. The van der Waals surface area contributed by atoms with E-state index in [-0.39, 0.29) is 6.61 Å². The van der Waals surface area contributed by atoms with Crippen LogP contribution in [-0.4, -0.2) is 16.8 Å². The zero-order chi connectivity index (χ0) is 10.7. The molecular weight excluding hydrogens is 176 g/mol. The first-order valence-electron chi connectivity index (χ1n) is 4.97. The average Bonchev–Trinajstić information content (AvgIpc) is 2.14. The van der Waals surface area contributed by atoms with Crippen LogP contribution in [0.3, 0.4) is 0 Å². The molecule has 0 saturated carbocycles. The van der Waals surface area contributed by atoms with Crippen LogP contribution in [0.4, 0.5) is 0 Å². The number of phenolic OH excluding ortho intramolecular Hbond substituents is 1. The summed E-state index contributed by atoms with van der Waals surface area (Å²) in [6, 6.07) is 1.80. The lowest BCUT2D eigenvalue weighted by Gasteiger charge is -2.13. The smallest absolute Gasteiger partial charge is 0.119 e. The molecule has 0 atom stereocenters. The molecule has 2 nitrogen and oxygen atoms in total. The molecule has 0 fully saturated rings. The van der Waals surface area contributed by atoms with Crippen molar-refractivity contribution in [2.75, 3.05) is 6.61 Å². The molecule has 0 unspecified atom stereocenters. The van der Waals surface area contributed by atoms with Gasteiger partial charge in [0.15, 0.2) is 0 Å². The van der Waals surface area contributed by atoms with Crippen LogP contribution in [-0.2, 0) is 6.42 Å². The van der Waals surface area contributed by atoms with E-state index in [4.69, 9.17) is 5.11 Å². The number of hydrogen-bond acceptors (Lipinski definition) is 2. The second-order valence-electron chi connectivity index (χ2n) is 3.77. The number of hydrogen-bond donors (Lipinski definition) is 2. The molecule has 0 heterocycles. The molecule has 0 bridgehead atoms. The number of phenols is 1. The van der Waals surface area contributed by atoms with Crippen LogP contribution in [0.25, 0.3) is 0 Å². The fourth-order valence-electron chi connectivity index (χ4n) is 1.76. The van der Waals surface area contributed by atoms with Crippen molar-refractivity contribution in [2.45, 2.75) is 33.6 Å². The maximum atomic E-state index is 9.58. The Morgan fingerprint density at radius 1 is 1.14 bits per heavy atom. The van der Waals surface area contributed by atoms with Gasteiger partial charge >= 0.3 is 0 Å². The van der Waals surface area contributed by atoms with Crippen molar-refractivity contribution in [3.63, 3.8) is 0 Å². The predicted octanol–water partition coefficient (Wildman–Crippen LogP) is 2.24. The molecule has 2 N–H and O–H groups in total. The fourth-order valence-corrected chi connectivity index (χ4v) is 1.76. The van der Waals surface area contributed by atoms with E-state index in [1.54, 1.807) is 6.07 Å². The van der Waals surface area contributed by atoms with Gasteiger partial charge in [-0.1, -0.05) is 0 Å². The number of benzene rings is 1. The molecule has 0 radical (unpaired) electrons. The number of aliphatic hydroxyl groups excluding tert-OH is 1. The van der Waals surface area contributed by atoms with Crippen LogP contribution in [0.1, 0.15) is 28.7 Å². The fraction of sp³-hybridized carbons (Fsp3) is 0.500. The van der Waals surface area contributed by atoms with Crippen molar-refractivity contribution in [2.24, 2.45) is 0 Å². The monoisotopic (exact) mass is 194 g/mol. The highest BCUT2D eigenvalue weighted by atomic mass is 16.3. The summed E-state index contributed by atoms with van der Waals surface area (Å²) in [6.07, 6.45) is 1.67. The van der Waals surface area contributed by atoms with Crippen molar-refractivity contribution in [1.82, 2.24) is 0 Å². The van der Waals surface area contributed by atoms with E-state index in [2.05, 4.69) is 0 Å². The summed E-state index contributed by atoms with van der Waals surface area (Å²) in [4.78, 5) is 0. The molecule has 78 valence electrons. The summed E-state index contributed by atoms with van der Waals surface area (Å²) in [7, 11) is 0. The molecule has 2 heteroatoms. The minimum atomic E-state index is 0.221. The van der Waals surface area contributed by atoms with Crippen LogP contribution >= 0.6 is 0 Å². The molecule has 0 aliphatic rings. The molecule has 0 amide bonds. The van der Waals surface area contributed by atoms with Gasteiger partial charge in [0.2, 0.25) is 0 Å². The molecule has 0 aromatic heterocycles. The molecule has 14 heavy (non-hydrogen) atoms. The largest absolute Gasteiger partial charge is 0.508 e. The minimum Gasteiger partial charge on any atom is -0.508 e. The third kappa shape index (κ3) is 2.07. The molecule has 1 aromatic rings. The van der Waals surface area contributed by atoms with Crippen molar-refractivity contribution in [1.29, 1.82) is 0 Å². The summed E-state index contributed by atoms with van der Waals surface area (Å²) in [5.41, 5.74) is 4.47. The van der Waals surface area contributed by atoms with Gasteiger partial charge in [0, 0.05) is 6.61 Å². The van der Waals surface area contributed by atoms with Crippen LogP contribution in [0.2, 0.25) is 0 Å². The van der Waals surface area contributed by atoms with E-state index in [0.717, 1.165) is 29.5 Å². The molecule has 1 rings (SSSR count). The molecule has 1 aromatic carbocycles. The zero-order valence-electron chi connectivity index (χ0n) is 9.09. The maximum Gasteiger partial charge on any atom is 0.119 e. The van der Waals surface area contributed by atoms with Gasteiger partial charge in [0.05, 0.1) is 0 Å². The van der Waals surface area contributed by atoms with E-state index in [1.807, 2.05) is 20.8 Å². The van der Waals surface area contributed by atoms with Gasteiger partial charge in [-0.15, -0.1) is 0 Å².